The predicted octanol–water partition coefficient (Wildman–Crippen LogP) is 9.63. The Labute approximate surface area is 218 Å². The van der Waals surface area contributed by atoms with E-state index in [9.17, 15) is 8.78 Å². The molecule has 0 radical (unpaired) electrons. The van der Waals surface area contributed by atoms with E-state index in [0.29, 0.717) is 43.7 Å². The Morgan fingerprint density at radius 2 is 1.22 bits per heavy atom. The Balaban J connectivity index is 1.61. The first-order chi connectivity index (χ1) is 17.6. The fourth-order valence-electron chi connectivity index (χ4n) is 4.40. The molecule has 0 saturated carbocycles. The normalized spacial score (nSPS) is 13.0. The van der Waals surface area contributed by atoms with E-state index < -0.39 is 12.3 Å². The number of alkyl halides is 2. The minimum Gasteiger partial charge on any atom is -0.490 e. The highest BCUT2D eigenvalue weighted by molar-refractivity contribution is 5.55. The Morgan fingerprint density at radius 3 is 1.86 bits per heavy atom. The van der Waals surface area contributed by atoms with Crippen LogP contribution in [0.3, 0.4) is 0 Å². The molecule has 0 aliphatic rings. The van der Waals surface area contributed by atoms with Crippen molar-refractivity contribution in [2.45, 2.75) is 129 Å². The number of aromatic nitrogens is 2. The molecule has 2 unspecified atom stereocenters. The van der Waals surface area contributed by atoms with E-state index in [-0.39, 0.29) is 6.61 Å². The van der Waals surface area contributed by atoms with Gasteiger partial charge in [-0.25, -0.2) is 18.7 Å². The average molecular weight is 503 g/mol. The molecule has 1 aromatic carbocycles. The summed E-state index contributed by atoms with van der Waals surface area (Å²) in [5, 5.41) is 0. The number of hydrogen-bond donors (Lipinski definition) is 0. The molecule has 0 aliphatic heterocycles. The Kier molecular flexibility index (Phi) is 16.0. The number of rotatable bonds is 21. The van der Waals surface area contributed by atoms with Crippen LogP contribution in [0.25, 0.3) is 11.4 Å². The van der Waals surface area contributed by atoms with E-state index in [4.69, 9.17) is 4.74 Å². The van der Waals surface area contributed by atoms with Gasteiger partial charge >= 0.3 is 0 Å². The molecule has 3 nitrogen and oxygen atoms in total. The van der Waals surface area contributed by atoms with Gasteiger partial charge in [0, 0.05) is 12.0 Å². The van der Waals surface area contributed by atoms with Crippen molar-refractivity contribution in [3.05, 3.63) is 42.2 Å². The lowest BCUT2D eigenvalue weighted by Gasteiger charge is -2.11. The van der Waals surface area contributed by atoms with Gasteiger partial charge in [0.2, 0.25) is 0 Å². The first-order valence-electron chi connectivity index (χ1n) is 14.4. The standard InChI is InChI=1S/C31H48F2N2O/c1-3-5-7-8-9-10-11-12-14-26-18-20-27(21-19-26)31-34-24-30(25-35-31)36-23-22-29(33)17-13-16-28(32)15-6-4-2/h18-21,24-25,28-29H,3-17,22-23H2,1-2H3. The molecular formula is C31H48F2N2O. The lowest BCUT2D eigenvalue weighted by molar-refractivity contribution is 0.212. The molecule has 0 bridgehead atoms. The summed E-state index contributed by atoms with van der Waals surface area (Å²) in [5.74, 6) is 1.20. The molecule has 5 heteroatoms. The highest BCUT2D eigenvalue weighted by atomic mass is 19.1. The molecule has 1 heterocycles. The summed E-state index contributed by atoms with van der Waals surface area (Å²) in [6, 6.07) is 8.49. The van der Waals surface area contributed by atoms with Gasteiger partial charge in [-0.3, -0.25) is 0 Å². The van der Waals surface area contributed by atoms with E-state index >= 15 is 0 Å². The Hall–Kier alpha value is -2.04. The predicted molar refractivity (Wildman–Crippen MR) is 147 cm³/mol. The van der Waals surface area contributed by atoms with Gasteiger partial charge in [0.1, 0.15) is 12.3 Å². The maximum absolute atomic E-state index is 14.1. The highest BCUT2D eigenvalue weighted by Crippen LogP contribution is 2.20. The summed E-state index contributed by atoms with van der Waals surface area (Å²) < 4.78 is 33.3. The number of halogens is 2. The second-order valence-corrected chi connectivity index (χ2v) is 10.1. The third-order valence-electron chi connectivity index (χ3n) is 6.76. The molecule has 2 rings (SSSR count). The molecule has 36 heavy (non-hydrogen) atoms. The van der Waals surface area contributed by atoms with E-state index in [1.807, 2.05) is 0 Å². The van der Waals surface area contributed by atoms with E-state index in [1.165, 1.54) is 56.9 Å². The fraction of sp³-hybridized carbons (Fsp3) is 0.677. The maximum atomic E-state index is 14.1. The van der Waals surface area contributed by atoms with Crippen molar-refractivity contribution in [2.75, 3.05) is 6.61 Å². The highest BCUT2D eigenvalue weighted by Gasteiger charge is 2.11. The zero-order chi connectivity index (χ0) is 25.8. The molecule has 0 saturated heterocycles. The van der Waals surface area contributed by atoms with Gasteiger partial charge in [0.25, 0.3) is 0 Å². The lowest BCUT2D eigenvalue weighted by atomic mass is 10.0. The molecular weight excluding hydrogens is 454 g/mol. The van der Waals surface area contributed by atoms with Crippen LogP contribution >= 0.6 is 0 Å². The summed E-state index contributed by atoms with van der Waals surface area (Å²) in [6.45, 7) is 4.58. The van der Waals surface area contributed by atoms with Gasteiger partial charge in [-0.05, 0) is 44.1 Å². The number of aryl methyl sites for hydroxylation is 1. The van der Waals surface area contributed by atoms with Crippen molar-refractivity contribution in [2.24, 2.45) is 0 Å². The van der Waals surface area contributed by atoms with Gasteiger partial charge in [0.05, 0.1) is 19.0 Å². The quantitative estimate of drug-likeness (QED) is 0.159. The molecule has 2 atom stereocenters. The third-order valence-corrected chi connectivity index (χ3v) is 6.76. The SMILES string of the molecule is CCCCCCCCCCc1ccc(-c2ncc(OCCC(F)CCCC(F)CCCC)cn2)cc1. The zero-order valence-electron chi connectivity index (χ0n) is 22.7. The van der Waals surface area contributed by atoms with Crippen molar-refractivity contribution in [3.63, 3.8) is 0 Å². The second kappa shape index (κ2) is 19.1. The van der Waals surface area contributed by atoms with Crippen molar-refractivity contribution in [3.8, 4) is 17.1 Å². The summed E-state index contributed by atoms with van der Waals surface area (Å²) in [7, 11) is 0. The van der Waals surface area contributed by atoms with Crippen LogP contribution in [0.1, 0.15) is 116 Å². The van der Waals surface area contributed by atoms with Gasteiger partial charge < -0.3 is 4.74 Å². The van der Waals surface area contributed by atoms with Crippen LogP contribution in [0.4, 0.5) is 8.78 Å². The van der Waals surface area contributed by atoms with Gasteiger partial charge in [-0.15, -0.1) is 0 Å². The molecule has 0 N–H and O–H groups in total. The van der Waals surface area contributed by atoms with Crippen LogP contribution in [0.15, 0.2) is 36.7 Å². The minimum atomic E-state index is -0.965. The minimum absolute atomic E-state index is 0.270. The van der Waals surface area contributed by atoms with Gasteiger partial charge in [0.15, 0.2) is 11.6 Å². The van der Waals surface area contributed by atoms with Crippen LogP contribution < -0.4 is 4.74 Å². The second-order valence-electron chi connectivity index (χ2n) is 10.1. The van der Waals surface area contributed by atoms with E-state index in [0.717, 1.165) is 24.8 Å². The number of unbranched alkanes of at least 4 members (excludes halogenated alkanes) is 8. The molecule has 0 aliphatic carbocycles. The van der Waals surface area contributed by atoms with Crippen molar-refractivity contribution < 1.29 is 13.5 Å². The topological polar surface area (TPSA) is 35.0 Å². The smallest absolute Gasteiger partial charge is 0.159 e. The van der Waals surface area contributed by atoms with Crippen LogP contribution in [0.5, 0.6) is 5.75 Å². The number of ether oxygens (including phenoxy) is 1. The van der Waals surface area contributed by atoms with Crippen molar-refractivity contribution >= 4 is 0 Å². The average Bonchev–Trinajstić information content (AvgIpc) is 2.90. The largest absolute Gasteiger partial charge is 0.490 e. The zero-order valence-corrected chi connectivity index (χ0v) is 22.7. The first-order valence-corrected chi connectivity index (χ1v) is 14.4. The van der Waals surface area contributed by atoms with Crippen LogP contribution in [0.2, 0.25) is 0 Å². The lowest BCUT2D eigenvalue weighted by Crippen LogP contribution is -2.09. The number of hydrogen-bond acceptors (Lipinski definition) is 3. The van der Waals surface area contributed by atoms with Gasteiger partial charge in [-0.2, -0.15) is 0 Å². The Bertz CT molecular complexity index is 782. The van der Waals surface area contributed by atoms with Crippen LogP contribution in [-0.4, -0.2) is 28.9 Å². The molecule has 2 aromatic rings. The van der Waals surface area contributed by atoms with E-state index in [2.05, 4.69) is 48.1 Å². The van der Waals surface area contributed by atoms with Crippen LogP contribution in [0, 0.1) is 0 Å². The fourth-order valence-corrected chi connectivity index (χ4v) is 4.40. The molecule has 0 fully saturated rings. The van der Waals surface area contributed by atoms with E-state index in [1.54, 1.807) is 12.4 Å². The summed E-state index contributed by atoms with van der Waals surface area (Å²) >= 11 is 0. The summed E-state index contributed by atoms with van der Waals surface area (Å²) in [5.41, 5.74) is 2.34. The van der Waals surface area contributed by atoms with Crippen molar-refractivity contribution in [1.29, 1.82) is 0 Å². The van der Waals surface area contributed by atoms with Crippen molar-refractivity contribution in [1.82, 2.24) is 9.97 Å². The first kappa shape index (κ1) is 30.2. The van der Waals surface area contributed by atoms with Crippen LogP contribution in [-0.2, 0) is 6.42 Å². The van der Waals surface area contributed by atoms with Gasteiger partial charge in [-0.1, -0.05) is 95.9 Å². The monoisotopic (exact) mass is 502 g/mol. The molecule has 202 valence electrons. The maximum Gasteiger partial charge on any atom is 0.159 e. The number of benzene rings is 1. The third kappa shape index (κ3) is 13.3. The molecule has 0 amide bonds. The molecule has 1 aromatic heterocycles. The Morgan fingerprint density at radius 1 is 0.667 bits per heavy atom. The molecule has 0 spiro atoms. The summed E-state index contributed by atoms with van der Waals surface area (Å²) in [4.78, 5) is 8.83. The summed E-state index contributed by atoms with van der Waals surface area (Å²) in [6.07, 6.45) is 17.6. The number of nitrogens with zero attached hydrogens (tertiary/aromatic N) is 2.